The summed E-state index contributed by atoms with van der Waals surface area (Å²) in [5, 5.41) is 26.9. The average molecular weight is 284 g/mol. The van der Waals surface area contributed by atoms with Crippen molar-refractivity contribution >= 4 is 0 Å². The van der Waals surface area contributed by atoms with Gasteiger partial charge in [0.1, 0.15) is 17.2 Å². The molecule has 0 fully saturated rings. The summed E-state index contributed by atoms with van der Waals surface area (Å²) >= 11 is 0. The molecule has 0 aliphatic rings. The van der Waals surface area contributed by atoms with Crippen LogP contribution in [-0.2, 0) is 0 Å². The Morgan fingerprint density at radius 3 is 2.33 bits per heavy atom. The summed E-state index contributed by atoms with van der Waals surface area (Å²) in [5.41, 5.74) is 1.10. The third kappa shape index (κ3) is 2.51. The van der Waals surface area contributed by atoms with Gasteiger partial charge in [-0.2, -0.15) is 0 Å². The maximum Gasteiger partial charge on any atom is 0.251 e. The highest BCUT2D eigenvalue weighted by atomic mass is 16.5. The lowest BCUT2D eigenvalue weighted by atomic mass is 10.2. The van der Waals surface area contributed by atoms with Gasteiger partial charge in [0.15, 0.2) is 0 Å². The van der Waals surface area contributed by atoms with Crippen molar-refractivity contribution in [1.82, 2.24) is 10.2 Å². The smallest absolute Gasteiger partial charge is 0.251 e. The average Bonchev–Trinajstić information content (AvgIpc) is 2.97. The van der Waals surface area contributed by atoms with Crippen LogP contribution in [0.3, 0.4) is 0 Å². The van der Waals surface area contributed by atoms with Crippen molar-refractivity contribution in [3.63, 3.8) is 0 Å². The van der Waals surface area contributed by atoms with E-state index in [1.165, 1.54) is 18.2 Å². The van der Waals surface area contributed by atoms with Gasteiger partial charge in [0.25, 0.3) is 5.89 Å². The Hall–Kier alpha value is -3.02. The largest absolute Gasteiger partial charge is 0.508 e. The normalized spacial score (nSPS) is 10.5. The monoisotopic (exact) mass is 284 g/mol. The molecule has 0 amide bonds. The molecule has 1 heterocycles. The molecule has 2 N–H and O–H groups in total. The van der Waals surface area contributed by atoms with Gasteiger partial charge >= 0.3 is 0 Å². The second-order valence-corrected chi connectivity index (χ2v) is 4.34. The predicted octanol–water partition coefficient (Wildman–Crippen LogP) is 2.82. The molecule has 0 radical (unpaired) electrons. The van der Waals surface area contributed by atoms with Crippen LogP contribution in [0.15, 0.2) is 46.9 Å². The van der Waals surface area contributed by atoms with Crippen molar-refractivity contribution in [1.29, 1.82) is 0 Å². The van der Waals surface area contributed by atoms with Gasteiger partial charge in [-0.15, -0.1) is 10.2 Å². The standard InChI is InChI=1S/C15H12N2O4/c1-20-11-5-2-9(3-6-11)14-16-17-15(21-14)12-7-4-10(18)8-13(12)19/h2-8,18-19H,1H3. The zero-order valence-corrected chi connectivity index (χ0v) is 11.1. The Bertz CT molecular complexity index is 766. The number of nitrogens with zero attached hydrogens (tertiary/aromatic N) is 2. The zero-order valence-electron chi connectivity index (χ0n) is 11.1. The van der Waals surface area contributed by atoms with Crippen LogP contribution in [-0.4, -0.2) is 27.5 Å². The first-order valence-corrected chi connectivity index (χ1v) is 6.17. The maximum absolute atomic E-state index is 9.79. The van der Waals surface area contributed by atoms with Gasteiger partial charge in [0.05, 0.1) is 12.7 Å². The summed E-state index contributed by atoms with van der Waals surface area (Å²) in [7, 11) is 1.59. The van der Waals surface area contributed by atoms with Crippen molar-refractivity contribution < 1.29 is 19.4 Å². The highest BCUT2D eigenvalue weighted by Gasteiger charge is 2.14. The summed E-state index contributed by atoms with van der Waals surface area (Å²) in [6, 6.07) is 11.3. The van der Waals surface area contributed by atoms with Crippen LogP contribution in [0.5, 0.6) is 17.2 Å². The van der Waals surface area contributed by atoms with Gasteiger partial charge < -0.3 is 19.4 Å². The molecule has 0 saturated carbocycles. The first kappa shape index (κ1) is 13.0. The van der Waals surface area contributed by atoms with Crippen LogP contribution >= 0.6 is 0 Å². The van der Waals surface area contributed by atoms with Gasteiger partial charge in [-0.05, 0) is 36.4 Å². The number of phenols is 2. The van der Waals surface area contributed by atoms with Gasteiger partial charge in [0.2, 0.25) is 5.89 Å². The van der Waals surface area contributed by atoms with E-state index < -0.39 is 0 Å². The molecule has 0 aliphatic heterocycles. The first-order valence-electron chi connectivity index (χ1n) is 6.17. The Kier molecular flexibility index (Phi) is 3.19. The van der Waals surface area contributed by atoms with Crippen LogP contribution in [0.4, 0.5) is 0 Å². The van der Waals surface area contributed by atoms with Crippen LogP contribution in [0, 0.1) is 0 Å². The van der Waals surface area contributed by atoms with Gasteiger partial charge in [-0.25, -0.2) is 0 Å². The van der Waals surface area contributed by atoms with Gasteiger partial charge in [-0.3, -0.25) is 0 Å². The minimum atomic E-state index is -0.125. The first-order chi connectivity index (χ1) is 10.2. The van der Waals surface area contributed by atoms with E-state index in [0.29, 0.717) is 11.5 Å². The molecule has 0 aliphatic carbocycles. The minimum Gasteiger partial charge on any atom is -0.508 e. The minimum absolute atomic E-state index is 0.0360. The van der Waals surface area contributed by atoms with Crippen molar-refractivity contribution in [2.24, 2.45) is 0 Å². The fourth-order valence-electron chi connectivity index (χ4n) is 1.88. The summed E-state index contributed by atoms with van der Waals surface area (Å²) in [6.07, 6.45) is 0. The van der Waals surface area contributed by atoms with Gasteiger partial charge in [0, 0.05) is 11.6 Å². The molecule has 2 aromatic carbocycles. The Balaban J connectivity index is 1.95. The number of aromatic nitrogens is 2. The number of aromatic hydroxyl groups is 2. The van der Waals surface area contributed by atoms with Crippen LogP contribution < -0.4 is 4.74 Å². The fourth-order valence-corrected chi connectivity index (χ4v) is 1.88. The van der Waals surface area contributed by atoms with E-state index in [0.717, 1.165) is 11.3 Å². The van der Waals surface area contributed by atoms with E-state index in [1.54, 1.807) is 31.4 Å². The van der Waals surface area contributed by atoms with E-state index in [-0.39, 0.29) is 17.4 Å². The summed E-state index contributed by atoms with van der Waals surface area (Å²) in [5.74, 6) is 1.08. The van der Waals surface area contributed by atoms with E-state index in [2.05, 4.69) is 10.2 Å². The highest BCUT2D eigenvalue weighted by Crippen LogP contribution is 2.32. The van der Waals surface area contributed by atoms with Crippen molar-refractivity contribution in [3.05, 3.63) is 42.5 Å². The second kappa shape index (κ2) is 5.16. The molecule has 0 atom stereocenters. The molecule has 6 heteroatoms. The van der Waals surface area contributed by atoms with Crippen molar-refractivity contribution in [3.8, 4) is 40.2 Å². The number of ether oxygens (including phenoxy) is 1. The summed E-state index contributed by atoms with van der Waals surface area (Å²) < 4.78 is 10.6. The van der Waals surface area contributed by atoms with Crippen molar-refractivity contribution in [2.75, 3.05) is 7.11 Å². The molecule has 0 unspecified atom stereocenters. The molecule has 21 heavy (non-hydrogen) atoms. The molecule has 1 aromatic heterocycles. The predicted molar refractivity (Wildman–Crippen MR) is 75.1 cm³/mol. The number of methoxy groups -OCH3 is 1. The molecule has 0 saturated heterocycles. The molecule has 0 bridgehead atoms. The fraction of sp³-hybridized carbons (Fsp3) is 0.0667. The van der Waals surface area contributed by atoms with Gasteiger partial charge in [-0.1, -0.05) is 0 Å². The zero-order chi connectivity index (χ0) is 14.8. The quantitative estimate of drug-likeness (QED) is 0.768. The third-order valence-electron chi connectivity index (χ3n) is 2.97. The lowest BCUT2D eigenvalue weighted by molar-refractivity contribution is 0.415. The molecule has 3 aromatic rings. The summed E-state index contributed by atoms with van der Waals surface area (Å²) in [6.45, 7) is 0. The maximum atomic E-state index is 9.79. The van der Waals surface area contributed by atoms with Crippen molar-refractivity contribution in [2.45, 2.75) is 0 Å². The molecule has 6 nitrogen and oxygen atoms in total. The number of phenolic OH excluding ortho intramolecular Hbond substituents is 2. The summed E-state index contributed by atoms with van der Waals surface area (Å²) in [4.78, 5) is 0. The van der Waals surface area contributed by atoms with Crippen LogP contribution in [0.2, 0.25) is 0 Å². The number of rotatable bonds is 3. The highest BCUT2D eigenvalue weighted by molar-refractivity contribution is 5.65. The lowest BCUT2D eigenvalue weighted by Gasteiger charge is -2.00. The lowest BCUT2D eigenvalue weighted by Crippen LogP contribution is -1.82. The Morgan fingerprint density at radius 1 is 0.952 bits per heavy atom. The van der Waals surface area contributed by atoms with Crippen LogP contribution in [0.1, 0.15) is 0 Å². The van der Waals surface area contributed by atoms with E-state index in [4.69, 9.17) is 9.15 Å². The number of benzene rings is 2. The molecular formula is C15H12N2O4. The second-order valence-electron chi connectivity index (χ2n) is 4.34. The molecule has 3 rings (SSSR count). The van der Waals surface area contributed by atoms with Crippen LogP contribution in [0.25, 0.3) is 22.9 Å². The topological polar surface area (TPSA) is 88.6 Å². The molecule has 106 valence electrons. The Labute approximate surface area is 120 Å². The Morgan fingerprint density at radius 2 is 1.67 bits per heavy atom. The molecular weight excluding hydrogens is 272 g/mol. The van der Waals surface area contributed by atoms with E-state index in [9.17, 15) is 10.2 Å². The van der Waals surface area contributed by atoms with E-state index in [1.807, 2.05) is 0 Å². The SMILES string of the molecule is COc1ccc(-c2nnc(-c3ccc(O)cc3O)o2)cc1. The number of hydrogen-bond acceptors (Lipinski definition) is 6. The third-order valence-corrected chi connectivity index (χ3v) is 2.97. The van der Waals surface area contributed by atoms with E-state index >= 15 is 0 Å². The molecule has 0 spiro atoms. The number of hydrogen-bond donors (Lipinski definition) is 2.